The molecule has 1 rings (SSSR count). The van der Waals surface area contributed by atoms with Gasteiger partial charge in [0, 0.05) is 11.7 Å². The maximum absolute atomic E-state index is 10.7. The molecule has 2 unspecified atom stereocenters. The first-order chi connectivity index (χ1) is 9.86. The van der Waals surface area contributed by atoms with Gasteiger partial charge in [-0.25, -0.2) is 0 Å². The van der Waals surface area contributed by atoms with Gasteiger partial charge in [-0.2, -0.15) is 5.26 Å². The fraction of sp³-hybridized carbons (Fsp3) is 0.400. The summed E-state index contributed by atoms with van der Waals surface area (Å²) in [6, 6.07) is 12.0. The van der Waals surface area contributed by atoms with Gasteiger partial charge >= 0.3 is 5.97 Å². The van der Waals surface area contributed by atoms with Gasteiger partial charge < -0.3 is 5.11 Å². The number of carbonyl (C=O) groups is 1. The van der Waals surface area contributed by atoms with Crippen molar-refractivity contribution in [2.75, 3.05) is 0 Å². The molecule has 0 fully saturated rings. The van der Waals surface area contributed by atoms with Gasteiger partial charge in [-0.15, -0.1) is 12.6 Å². The Labute approximate surface area is 140 Å². The molecule has 1 aromatic carbocycles. The molecule has 0 saturated heterocycles. The predicted molar refractivity (Wildman–Crippen MR) is 93.6 cm³/mol. The fourth-order valence-corrected chi connectivity index (χ4v) is 3.73. The van der Waals surface area contributed by atoms with Crippen LogP contribution in [0.25, 0.3) is 0 Å². The smallest absolute Gasteiger partial charge is 0.303 e. The molecule has 0 spiro atoms. The number of thiol groups is 1. The molecule has 0 saturated carbocycles. The van der Waals surface area contributed by atoms with Gasteiger partial charge in [0.25, 0.3) is 0 Å². The van der Waals surface area contributed by atoms with Gasteiger partial charge in [0.1, 0.15) is 3.53 Å². The minimum Gasteiger partial charge on any atom is -0.481 e. The van der Waals surface area contributed by atoms with E-state index in [1.807, 2.05) is 30.3 Å². The van der Waals surface area contributed by atoms with Crippen molar-refractivity contribution in [3.63, 3.8) is 0 Å². The summed E-state index contributed by atoms with van der Waals surface area (Å²) in [6.45, 7) is 1.80. The molecule has 3 nitrogen and oxygen atoms in total. The highest BCUT2D eigenvalue weighted by molar-refractivity contribution is 8.41. The van der Waals surface area contributed by atoms with Gasteiger partial charge in [-0.1, -0.05) is 54.3 Å². The quantitative estimate of drug-likeness (QED) is 0.567. The van der Waals surface area contributed by atoms with Gasteiger partial charge in [0.2, 0.25) is 0 Å². The first-order valence-corrected chi connectivity index (χ1v) is 8.17. The van der Waals surface area contributed by atoms with Crippen molar-refractivity contribution < 1.29 is 9.90 Å². The SMILES string of the molecule is CC(C#N)(CCC(=O)O)CC(SC(=S)S)c1ccccc1. The van der Waals surface area contributed by atoms with Crippen LogP contribution in [0, 0.1) is 16.7 Å². The zero-order chi connectivity index (χ0) is 15.9. The Morgan fingerprint density at radius 3 is 2.62 bits per heavy atom. The van der Waals surface area contributed by atoms with Crippen LogP contribution in [0.4, 0.5) is 0 Å². The van der Waals surface area contributed by atoms with E-state index in [2.05, 4.69) is 18.7 Å². The van der Waals surface area contributed by atoms with Crippen molar-refractivity contribution in [2.45, 2.75) is 31.4 Å². The summed E-state index contributed by atoms with van der Waals surface area (Å²) in [7, 11) is 0. The first kappa shape index (κ1) is 18.0. The largest absolute Gasteiger partial charge is 0.481 e. The van der Waals surface area contributed by atoms with Gasteiger partial charge in [-0.05, 0) is 25.3 Å². The number of benzene rings is 1. The van der Waals surface area contributed by atoms with Crippen LogP contribution in [0.2, 0.25) is 0 Å². The van der Waals surface area contributed by atoms with E-state index < -0.39 is 11.4 Å². The summed E-state index contributed by atoms with van der Waals surface area (Å²) in [5.41, 5.74) is 0.362. The van der Waals surface area contributed by atoms with Crippen LogP contribution >= 0.6 is 36.6 Å². The van der Waals surface area contributed by atoms with Crippen molar-refractivity contribution >= 4 is 46.1 Å². The average molecular weight is 340 g/mol. The minimum atomic E-state index is -0.884. The zero-order valence-corrected chi connectivity index (χ0v) is 14.2. The number of thiocarbonyl (C=S) groups is 1. The lowest BCUT2D eigenvalue weighted by Crippen LogP contribution is -2.19. The van der Waals surface area contributed by atoms with Crippen molar-refractivity contribution in [1.82, 2.24) is 0 Å². The highest BCUT2D eigenvalue weighted by Gasteiger charge is 2.30. The van der Waals surface area contributed by atoms with E-state index in [4.69, 9.17) is 17.3 Å². The topological polar surface area (TPSA) is 61.1 Å². The number of aliphatic carboxylic acids is 1. The molecule has 2 atom stereocenters. The Morgan fingerprint density at radius 2 is 2.14 bits per heavy atom. The molecule has 0 heterocycles. The molecule has 6 heteroatoms. The number of hydrogen-bond acceptors (Lipinski definition) is 4. The van der Waals surface area contributed by atoms with E-state index in [0.29, 0.717) is 16.4 Å². The number of nitriles is 1. The molecular formula is C15H17NO2S3. The number of thioether (sulfide) groups is 1. The normalized spacial score (nSPS) is 14.7. The third-order valence-corrected chi connectivity index (χ3v) is 4.74. The van der Waals surface area contributed by atoms with Gasteiger partial charge in [0.15, 0.2) is 0 Å². The monoisotopic (exact) mass is 339 g/mol. The maximum Gasteiger partial charge on any atom is 0.303 e. The number of hydrogen-bond donors (Lipinski definition) is 2. The highest BCUT2D eigenvalue weighted by Crippen LogP contribution is 2.42. The van der Waals surface area contributed by atoms with E-state index in [1.165, 1.54) is 11.8 Å². The summed E-state index contributed by atoms with van der Waals surface area (Å²) < 4.78 is 0.516. The molecule has 0 radical (unpaired) electrons. The lowest BCUT2D eigenvalue weighted by Gasteiger charge is -2.26. The molecule has 0 bridgehead atoms. The van der Waals surface area contributed by atoms with Crippen LogP contribution in [0.1, 0.15) is 37.0 Å². The molecule has 0 amide bonds. The summed E-state index contributed by atoms with van der Waals surface area (Å²) in [5.74, 6) is -0.884. The van der Waals surface area contributed by atoms with E-state index in [0.717, 1.165) is 5.56 Å². The number of rotatable bonds is 7. The van der Waals surface area contributed by atoms with Crippen molar-refractivity contribution in [3.05, 3.63) is 35.9 Å². The molecule has 21 heavy (non-hydrogen) atoms. The Bertz CT molecular complexity index is 542. The van der Waals surface area contributed by atoms with Gasteiger partial charge in [-0.3, -0.25) is 4.79 Å². The molecule has 0 aliphatic rings. The molecule has 112 valence electrons. The first-order valence-electron chi connectivity index (χ1n) is 6.44. The molecule has 0 aliphatic carbocycles. The Balaban J connectivity index is 2.91. The van der Waals surface area contributed by atoms with Crippen molar-refractivity contribution in [2.24, 2.45) is 5.41 Å². The van der Waals surface area contributed by atoms with Crippen LogP contribution in [-0.2, 0) is 4.79 Å². The number of carboxylic acids is 1. The number of nitrogens with zero attached hydrogens (tertiary/aromatic N) is 1. The summed E-state index contributed by atoms with van der Waals surface area (Å²) in [4.78, 5) is 10.7. The van der Waals surface area contributed by atoms with Crippen LogP contribution in [-0.4, -0.2) is 14.6 Å². The third kappa shape index (κ3) is 6.51. The van der Waals surface area contributed by atoms with E-state index in [-0.39, 0.29) is 11.7 Å². The second-order valence-electron chi connectivity index (χ2n) is 5.05. The second kappa shape index (κ2) is 8.42. The summed E-state index contributed by atoms with van der Waals surface area (Å²) in [6.07, 6.45) is 0.843. The van der Waals surface area contributed by atoms with E-state index in [9.17, 15) is 10.1 Å². The molecule has 1 N–H and O–H groups in total. The van der Waals surface area contributed by atoms with Crippen LogP contribution in [0.5, 0.6) is 0 Å². The van der Waals surface area contributed by atoms with Crippen LogP contribution < -0.4 is 0 Å². The zero-order valence-electron chi connectivity index (χ0n) is 11.7. The molecule has 0 aromatic heterocycles. The maximum atomic E-state index is 10.7. The lowest BCUT2D eigenvalue weighted by atomic mass is 9.81. The van der Waals surface area contributed by atoms with Crippen LogP contribution in [0.3, 0.4) is 0 Å². The lowest BCUT2D eigenvalue weighted by molar-refractivity contribution is -0.137. The Kier molecular flexibility index (Phi) is 7.23. The number of carboxylic acid groups (broad SMARTS) is 1. The predicted octanol–water partition coefficient (Wildman–Crippen LogP) is 4.46. The highest BCUT2D eigenvalue weighted by atomic mass is 32.2. The van der Waals surface area contributed by atoms with Crippen LogP contribution in [0.15, 0.2) is 30.3 Å². The Hall–Kier alpha value is -1.03. The van der Waals surface area contributed by atoms with Crippen molar-refractivity contribution in [1.29, 1.82) is 5.26 Å². The summed E-state index contributed by atoms with van der Waals surface area (Å²) >= 11 is 10.6. The average Bonchev–Trinajstić information content (AvgIpc) is 2.45. The molecule has 0 aliphatic heterocycles. The van der Waals surface area contributed by atoms with Crippen molar-refractivity contribution in [3.8, 4) is 6.07 Å². The Morgan fingerprint density at radius 1 is 1.52 bits per heavy atom. The summed E-state index contributed by atoms with van der Waals surface area (Å²) in [5, 5.41) is 18.2. The fourth-order valence-electron chi connectivity index (χ4n) is 2.01. The molecular weight excluding hydrogens is 322 g/mol. The minimum absolute atomic E-state index is 0.00496. The standard InChI is InChI=1S/C15H17NO2S3/c1-15(10-16,8-7-13(17)18)9-12(21-14(19)20)11-5-3-2-4-6-11/h2-6,12H,7-9H2,1H3,(H,17,18)(H,19,20). The van der Waals surface area contributed by atoms with E-state index in [1.54, 1.807) is 6.92 Å². The van der Waals surface area contributed by atoms with E-state index >= 15 is 0 Å². The van der Waals surface area contributed by atoms with Gasteiger partial charge in [0.05, 0.1) is 11.5 Å². The molecule has 1 aromatic rings. The third-order valence-electron chi connectivity index (χ3n) is 3.21. The second-order valence-corrected chi connectivity index (χ2v) is 7.99.